The van der Waals surface area contributed by atoms with Gasteiger partial charge in [-0.25, -0.2) is 8.78 Å². The van der Waals surface area contributed by atoms with Crippen LogP contribution in [0.2, 0.25) is 0 Å². The Morgan fingerprint density at radius 1 is 1.07 bits per heavy atom. The summed E-state index contributed by atoms with van der Waals surface area (Å²) >= 11 is 0. The lowest BCUT2D eigenvalue weighted by atomic mass is 9.67. The van der Waals surface area contributed by atoms with Gasteiger partial charge in [-0.3, -0.25) is 9.69 Å². The first-order valence-electron chi connectivity index (χ1n) is 8.87. The Balaban J connectivity index is 2.05. The molecule has 2 aromatic carbocycles. The zero-order chi connectivity index (χ0) is 20.1. The number of ketones is 1. The van der Waals surface area contributed by atoms with Crippen molar-refractivity contribution in [2.24, 2.45) is 5.41 Å². The summed E-state index contributed by atoms with van der Waals surface area (Å²) in [6, 6.07) is 13.6. The van der Waals surface area contributed by atoms with E-state index in [-0.39, 0.29) is 11.3 Å². The number of rotatable bonds is 2. The maximum absolute atomic E-state index is 14.7. The zero-order valence-corrected chi connectivity index (χ0v) is 15.0. The van der Waals surface area contributed by atoms with Crippen LogP contribution < -0.4 is 4.90 Å². The third kappa shape index (κ3) is 2.25. The third-order valence-electron chi connectivity index (χ3n) is 5.86. The highest BCUT2D eigenvalue weighted by Crippen LogP contribution is 2.51. The van der Waals surface area contributed by atoms with Gasteiger partial charge in [-0.1, -0.05) is 36.4 Å². The van der Waals surface area contributed by atoms with E-state index in [2.05, 4.69) is 12.1 Å². The number of nitrogens with zero attached hydrogens (tertiary/aromatic N) is 2. The van der Waals surface area contributed by atoms with Crippen LogP contribution in [0.25, 0.3) is 6.08 Å². The average molecular weight is 376 g/mol. The molecule has 0 aliphatic carbocycles. The molecule has 2 aliphatic rings. The van der Waals surface area contributed by atoms with E-state index < -0.39 is 35.1 Å². The number of hydrogen-bond donors (Lipinski definition) is 1. The molecule has 0 bridgehead atoms. The standard InChI is InChI=1S/C22H15F2N3O/c1-13(28)20-18(16-7-4-8-17(23)19(16)24)22(11-25,12-26)21-15-6-3-2-5-14(15)9-10-27(20)21/h2-10,18,20-21H,1H3/p+1/t18-,20-,21-/m0/s1. The predicted molar refractivity (Wildman–Crippen MR) is 96.4 cm³/mol. The Hall–Kier alpha value is -3.35. The molecule has 1 fully saturated rings. The van der Waals surface area contributed by atoms with Crippen LogP contribution in [0.3, 0.4) is 0 Å². The molecule has 28 heavy (non-hydrogen) atoms. The van der Waals surface area contributed by atoms with E-state index >= 15 is 0 Å². The number of nitriles is 2. The molecule has 2 aliphatic heterocycles. The van der Waals surface area contributed by atoms with Crippen LogP contribution in [-0.4, -0.2) is 11.8 Å². The van der Waals surface area contributed by atoms with E-state index in [4.69, 9.17) is 0 Å². The normalized spacial score (nSPS) is 26.6. The van der Waals surface area contributed by atoms with E-state index in [1.54, 1.807) is 12.3 Å². The van der Waals surface area contributed by atoms with Gasteiger partial charge in [0, 0.05) is 18.1 Å². The van der Waals surface area contributed by atoms with Crippen LogP contribution in [0.15, 0.2) is 48.7 Å². The molecule has 4 nitrogen and oxygen atoms in total. The van der Waals surface area contributed by atoms with Gasteiger partial charge in [-0.05, 0) is 17.7 Å². The molecule has 1 saturated heterocycles. The highest BCUT2D eigenvalue weighted by molar-refractivity contribution is 5.82. The summed E-state index contributed by atoms with van der Waals surface area (Å²) < 4.78 is 28.7. The first-order chi connectivity index (χ1) is 13.5. The minimum absolute atomic E-state index is 0.115. The van der Waals surface area contributed by atoms with Gasteiger partial charge in [0.2, 0.25) is 5.41 Å². The molecule has 1 unspecified atom stereocenters. The van der Waals surface area contributed by atoms with Crippen molar-refractivity contribution >= 4 is 11.9 Å². The average Bonchev–Trinajstić information content (AvgIpc) is 3.01. The van der Waals surface area contributed by atoms with Crippen LogP contribution in [0, 0.1) is 39.7 Å². The van der Waals surface area contributed by atoms with Gasteiger partial charge in [0.05, 0.1) is 24.3 Å². The summed E-state index contributed by atoms with van der Waals surface area (Å²) in [5, 5.41) is 20.3. The molecule has 2 aromatic rings. The second kappa shape index (κ2) is 6.37. The Morgan fingerprint density at radius 3 is 2.43 bits per heavy atom. The maximum Gasteiger partial charge on any atom is 0.212 e. The second-order valence-electron chi connectivity index (χ2n) is 7.20. The van der Waals surface area contributed by atoms with Gasteiger partial charge in [-0.15, -0.1) is 0 Å². The molecule has 0 radical (unpaired) electrons. The lowest BCUT2D eigenvalue weighted by Crippen LogP contribution is -3.11. The summed E-state index contributed by atoms with van der Waals surface area (Å²) in [5.41, 5.74) is -0.264. The summed E-state index contributed by atoms with van der Waals surface area (Å²) in [4.78, 5) is 13.2. The Labute approximate surface area is 160 Å². The second-order valence-corrected chi connectivity index (χ2v) is 7.20. The maximum atomic E-state index is 14.7. The van der Waals surface area contributed by atoms with Crippen LogP contribution >= 0.6 is 0 Å². The van der Waals surface area contributed by atoms with Crippen LogP contribution in [0.1, 0.15) is 35.6 Å². The van der Waals surface area contributed by atoms with Crippen molar-refractivity contribution < 1.29 is 18.5 Å². The number of nitrogens with one attached hydrogen (secondary N) is 1. The molecule has 0 aromatic heterocycles. The number of hydrogen-bond acceptors (Lipinski definition) is 3. The van der Waals surface area contributed by atoms with E-state index in [1.165, 1.54) is 19.1 Å². The zero-order valence-electron chi connectivity index (χ0n) is 15.0. The van der Waals surface area contributed by atoms with Gasteiger partial charge in [0.1, 0.15) is 0 Å². The molecule has 6 heteroatoms. The molecular formula is C22H16F2N3O+. The number of carbonyl (C=O) groups is 1. The van der Waals surface area contributed by atoms with Crippen molar-refractivity contribution in [2.75, 3.05) is 0 Å². The topological polar surface area (TPSA) is 69.1 Å². The third-order valence-corrected chi connectivity index (χ3v) is 5.86. The molecule has 4 rings (SSSR count). The summed E-state index contributed by atoms with van der Waals surface area (Å²) in [7, 11) is 0. The van der Waals surface area contributed by atoms with Crippen molar-refractivity contribution in [1.29, 1.82) is 10.5 Å². The molecule has 1 N–H and O–H groups in total. The van der Waals surface area contributed by atoms with Gasteiger partial charge in [-0.2, -0.15) is 10.5 Å². The van der Waals surface area contributed by atoms with Crippen molar-refractivity contribution in [3.8, 4) is 12.1 Å². The number of benzene rings is 2. The van der Waals surface area contributed by atoms with Crippen molar-refractivity contribution in [3.05, 3.63) is 77.0 Å². The first-order valence-corrected chi connectivity index (χ1v) is 8.87. The van der Waals surface area contributed by atoms with Gasteiger partial charge < -0.3 is 0 Å². The molecule has 138 valence electrons. The summed E-state index contributed by atoms with van der Waals surface area (Å²) in [5.74, 6) is -3.58. The summed E-state index contributed by atoms with van der Waals surface area (Å²) in [6.45, 7) is 1.36. The van der Waals surface area contributed by atoms with Crippen molar-refractivity contribution in [3.63, 3.8) is 0 Å². The lowest BCUT2D eigenvalue weighted by molar-refractivity contribution is -0.885. The highest BCUT2D eigenvalue weighted by Gasteiger charge is 2.67. The largest absolute Gasteiger partial charge is 0.293 e. The molecule has 2 heterocycles. The molecular weight excluding hydrogens is 360 g/mol. The fraction of sp³-hybridized carbons (Fsp3) is 0.227. The molecule has 4 atom stereocenters. The van der Waals surface area contributed by atoms with E-state index in [9.17, 15) is 24.1 Å². The number of quaternary nitrogens is 1. The number of halogens is 2. The number of carbonyl (C=O) groups excluding carboxylic acids is 1. The fourth-order valence-corrected chi connectivity index (χ4v) is 4.76. The monoisotopic (exact) mass is 376 g/mol. The van der Waals surface area contributed by atoms with Crippen molar-refractivity contribution in [2.45, 2.75) is 24.9 Å². The SMILES string of the molecule is CC(=O)[C@H]1[C@H](c2cccc(F)c2F)C(C#N)(C#N)[C@@H]2c3ccccc3C=C[NH+]21. The Kier molecular flexibility index (Phi) is 4.10. The quantitative estimate of drug-likeness (QED) is 0.876. The molecule has 0 spiro atoms. The smallest absolute Gasteiger partial charge is 0.212 e. The highest BCUT2D eigenvalue weighted by atomic mass is 19.2. The summed E-state index contributed by atoms with van der Waals surface area (Å²) in [6.07, 6.45) is 3.58. The molecule has 0 saturated carbocycles. The van der Waals surface area contributed by atoms with E-state index in [0.717, 1.165) is 17.2 Å². The lowest BCUT2D eigenvalue weighted by Gasteiger charge is -2.29. The first kappa shape index (κ1) is 18.0. The van der Waals surface area contributed by atoms with Crippen LogP contribution in [0.5, 0.6) is 0 Å². The van der Waals surface area contributed by atoms with E-state index in [0.29, 0.717) is 4.90 Å². The van der Waals surface area contributed by atoms with E-state index in [1.807, 2.05) is 24.3 Å². The van der Waals surface area contributed by atoms with Gasteiger partial charge >= 0.3 is 0 Å². The fourth-order valence-electron chi connectivity index (χ4n) is 4.76. The van der Waals surface area contributed by atoms with Gasteiger partial charge in [0.25, 0.3) is 0 Å². The van der Waals surface area contributed by atoms with Crippen LogP contribution in [-0.2, 0) is 4.79 Å². The molecule has 0 amide bonds. The predicted octanol–water partition coefficient (Wildman–Crippen LogP) is 2.66. The van der Waals surface area contributed by atoms with Crippen LogP contribution in [0.4, 0.5) is 8.78 Å². The Bertz CT molecular complexity index is 1080. The minimum atomic E-state index is -1.73. The number of fused-ring (bicyclic) bond motifs is 3. The Morgan fingerprint density at radius 2 is 1.75 bits per heavy atom. The minimum Gasteiger partial charge on any atom is -0.293 e. The number of Topliss-reactive ketones (excluding diaryl/α,β-unsaturated/α-hetero) is 1. The van der Waals surface area contributed by atoms with Gasteiger partial charge in [0.15, 0.2) is 29.5 Å². The van der Waals surface area contributed by atoms with Crippen molar-refractivity contribution in [1.82, 2.24) is 0 Å².